The Balaban J connectivity index is 1.65. The van der Waals surface area contributed by atoms with E-state index in [0.29, 0.717) is 35.4 Å². The molecule has 5 heteroatoms. The minimum Gasteiger partial charge on any atom is -0.464 e. The van der Waals surface area contributed by atoms with Crippen molar-refractivity contribution in [2.75, 3.05) is 6.54 Å². The van der Waals surface area contributed by atoms with Crippen LogP contribution < -0.4 is 10.5 Å². The molecular formula is C32H34N4O. The van der Waals surface area contributed by atoms with Gasteiger partial charge in [-0.25, -0.2) is 0 Å². The number of hydrogen-bond acceptors (Lipinski definition) is 5. The van der Waals surface area contributed by atoms with Gasteiger partial charge in [-0.05, 0) is 79.5 Å². The fourth-order valence-electron chi connectivity index (χ4n) is 4.73. The predicted octanol–water partition coefficient (Wildman–Crippen LogP) is 6.98. The van der Waals surface area contributed by atoms with Crippen molar-refractivity contribution in [1.29, 1.82) is 10.7 Å². The molecule has 37 heavy (non-hydrogen) atoms. The number of hydrogen-bond donors (Lipinski definition) is 2. The van der Waals surface area contributed by atoms with Crippen molar-refractivity contribution in [3.8, 4) is 11.8 Å². The number of nitrogens with zero attached hydrogens (tertiary/aromatic N) is 2. The SMILES string of the molecule is C[C@H]1\C=C/C=C\C(C(=N)/C=C/Oc2cc(C#N)ccc2/C2=C/C(CN)=C\CC[C@H]3CC=CN=C23)=C\CC1. The Labute approximate surface area is 220 Å². The summed E-state index contributed by atoms with van der Waals surface area (Å²) in [5.41, 5.74) is 11.7. The van der Waals surface area contributed by atoms with Crippen molar-refractivity contribution in [2.45, 2.75) is 39.0 Å². The molecule has 3 N–H and O–H groups in total. The molecule has 1 heterocycles. The molecule has 0 aromatic heterocycles. The molecule has 1 aliphatic heterocycles. The van der Waals surface area contributed by atoms with Gasteiger partial charge in [0, 0.05) is 29.8 Å². The Morgan fingerprint density at radius 2 is 2.11 bits per heavy atom. The number of fused-ring (bicyclic) bond motifs is 1. The van der Waals surface area contributed by atoms with Crippen LogP contribution in [0.15, 0.2) is 101 Å². The van der Waals surface area contributed by atoms with Gasteiger partial charge in [-0.3, -0.25) is 4.99 Å². The molecule has 4 rings (SSSR count). The van der Waals surface area contributed by atoms with Gasteiger partial charge in [-0.1, -0.05) is 49.5 Å². The Hall–Kier alpha value is -4.01. The van der Waals surface area contributed by atoms with Crippen LogP contribution in [0.1, 0.15) is 50.2 Å². The first kappa shape index (κ1) is 26.1. The molecule has 0 saturated carbocycles. The average Bonchev–Trinajstić information content (AvgIpc) is 3.01. The molecule has 0 amide bonds. The highest BCUT2D eigenvalue weighted by molar-refractivity contribution is 6.26. The van der Waals surface area contributed by atoms with Gasteiger partial charge in [-0.15, -0.1) is 0 Å². The molecule has 0 radical (unpaired) electrons. The summed E-state index contributed by atoms with van der Waals surface area (Å²) in [4.78, 5) is 4.77. The lowest BCUT2D eigenvalue weighted by molar-refractivity contribution is 0.480. The van der Waals surface area contributed by atoms with Gasteiger partial charge in [0.1, 0.15) is 5.75 Å². The summed E-state index contributed by atoms with van der Waals surface area (Å²) >= 11 is 0. The highest BCUT2D eigenvalue weighted by Crippen LogP contribution is 2.36. The maximum Gasteiger partial charge on any atom is 0.135 e. The molecular weight excluding hydrogens is 456 g/mol. The largest absolute Gasteiger partial charge is 0.464 e. The summed E-state index contributed by atoms with van der Waals surface area (Å²) in [5, 5.41) is 18.1. The molecule has 5 nitrogen and oxygen atoms in total. The Kier molecular flexibility index (Phi) is 9.02. The first-order valence-corrected chi connectivity index (χ1v) is 12.9. The zero-order valence-electron chi connectivity index (χ0n) is 21.4. The molecule has 0 bridgehead atoms. The molecule has 3 aliphatic rings. The lowest BCUT2D eigenvalue weighted by Gasteiger charge is -2.25. The highest BCUT2D eigenvalue weighted by atomic mass is 16.5. The van der Waals surface area contributed by atoms with Crippen LogP contribution in [0.4, 0.5) is 0 Å². The van der Waals surface area contributed by atoms with Gasteiger partial charge < -0.3 is 15.9 Å². The molecule has 1 aromatic carbocycles. The number of nitrogens with two attached hydrogens (primary N) is 1. The van der Waals surface area contributed by atoms with E-state index in [1.807, 2.05) is 30.5 Å². The van der Waals surface area contributed by atoms with Crippen molar-refractivity contribution in [1.82, 2.24) is 0 Å². The second kappa shape index (κ2) is 12.8. The van der Waals surface area contributed by atoms with E-state index in [2.05, 4.69) is 43.4 Å². The minimum absolute atomic E-state index is 0.318. The lowest BCUT2D eigenvalue weighted by Crippen LogP contribution is -2.20. The number of ether oxygens (including phenoxy) is 1. The van der Waals surface area contributed by atoms with E-state index in [0.717, 1.165) is 60.1 Å². The first-order valence-electron chi connectivity index (χ1n) is 12.9. The summed E-state index contributed by atoms with van der Waals surface area (Å²) in [6, 6.07) is 7.67. The zero-order chi connectivity index (χ0) is 26.0. The van der Waals surface area contributed by atoms with E-state index in [4.69, 9.17) is 20.9 Å². The van der Waals surface area contributed by atoms with E-state index in [1.54, 1.807) is 18.2 Å². The van der Waals surface area contributed by atoms with Crippen molar-refractivity contribution in [3.05, 3.63) is 108 Å². The topological polar surface area (TPSA) is 95.2 Å². The first-order chi connectivity index (χ1) is 18.1. The van der Waals surface area contributed by atoms with Crippen LogP contribution in [0.25, 0.3) is 5.57 Å². The van der Waals surface area contributed by atoms with E-state index in [-0.39, 0.29) is 0 Å². The summed E-state index contributed by atoms with van der Waals surface area (Å²) in [6.07, 6.45) is 26.6. The summed E-state index contributed by atoms with van der Waals surface area (Å²) in [5.74, 6) is 1.39. The van der Waals surface area contributed by atoms with Crippen molar-refractivity contribution in [2.24, 2.45) is 22.6 Å². The molecule has 0 fully saturated rings. The molecule has 0 saturated heterocycles. The van der Waals surface area contributed by atoms with E-state index in [1.165, 1.54) is 6.26 Å². The van der Waals surface area contributed by atoms with Crippen LogP contribution in [-0.4, -0.2) is 18.0 Å². The lowest BCUT2D eigenvalue weighted by atomic mass is 9.82. The molecule has 2 aliphatic carbocycles. The van der Waals surface area contributed by atoms with Gasteiger partial charge in [0.15, 0.2) is 0 Å². The highest BCUT2D eigenvalue weighted by Gasteiger charge is 2.25. The summed E-state index contributed by atoms with van der Waals surface area (Å²) in [7, 11) is 0. The van der Waals surface area contributed by atoms with E-state index >= 15 is 0 Å². The molecule has 0 unspecified atom stereocenters. The van der Waals surface area contributed by atoms with Crippen LogP contribution in [-0.2, 0) is 0 Å². The molecule has 0 spiro atoms. The van der Waals surface area contributed by atoms with Crippen molar-refractivity contribution >= 4 is 17.0 Å². The Morgan fingerprint density at radius 3 is 2.95 bits per heavy atom. The zero-order valence-corrected chi connectivity index (χ0v) is 21.4. The second-order valence-corrected chi connectivity index (χ2v) is 9.57. The third-order valence-corrected chi connectivity index (χ3v) is 6.84. The fraction of sp³-hybridized carbons (Fsp3) is 0.281. The van der Waals surface area contributed by atoms with Gasteiger partial charge in [0.2, 0.25) is 0 Å². The number of aliphatic imine (C=N–C) groups is 1. The average molecular weight is 491 g/mol. The molecule has 1 aromatic rings. The molecule has 2 atom stereocenters. The molecule has 188 valence electrons. The fourth-order valence-corrected chi connectivity index (χ4v) is 4.73. The predicted molar refractivity (Wildman–Crippen MR) is 152 cm³/mol. The number of allylic oxidation sites excluding steroid dienone is 10. The third kappa shape index (κ3) is 6.81. The standard InChI is InChI=1S/C32H34N4O/c1-23-7-2-3-10-26(11-4-8-23)30(35)16-18-37-31-20-25(22-34)14-15-28(31)29-19-24(21-33)9-5-12-27-13-6-17-36-32(27)29/h2-3,6-7,9-11,14-20,23,27,35H,4-5,8,12-13,21,33H2,1H3/b7-2-,10-3-,18-16+,24-9+,26-11-,29-19-,35-30?/t23-,27-/m0/s1. The van der Waals surface area contributed by atoms with Crippen LogP contribution in [0.2, 0.25) is 0 Å². The van der Waals surface area contributed by atoms with Crippen LogP contribution in [0.3, 0.4) is 0 Å². The van der Waals surface area contributed by atoms with E-state index < -0.39 is 0 Å². The maximum atomic E-state index is 9.54. The van der Waals surface area contributed by atoms with Crippen LogP contribution in [0.5, 0.6) is 5.75 Å². The van der Waals surface area contributed by atoms with E-state index in [9.17, 15) is 5.26 Å². The Morgan fingerprint density at radius 1 is 1.24 bits per heavy atom. The van der Waals surface area contributed by atoms with Gasteiger partial charge in [0.25, 0.3) is 0 Å². The van der Waals surface area contributed by atoms with Gasteiger partial charge in [0.05, 0.1) is 29.3 Å². The van der Waals surface area contributed by atoms with Gasteiger partial charge in [-0.2, -0.15) is 5.26 Å². The normalized spacial score (nSPS) is 27.6. The maximum absolute atomic E-state index is 9.54. The number of nitrogens with one attached hydrogen (secondary N) is 1. The quantitative estimate of drug-likeness (QED) is 0.333. The smallest absolute Gasteiger partial charge is 0.135 e. The Bertz CT molecular complexity index is 1310. The van der Waals surface area contributed by atoms with Crippen LogP contribution >= 0.6 is 0 Å². The minimum atomic E-state index is 0.318. The van der Waals surface area contributed by atoms with Crippen molar-refractivity contribution in [3.63, 3.8) is 0 Å². The van der Waals surface area contributed by atoms with Crippen LogP contribution in [0, 0.1) is 28.6 Å². The monoisotopic (exact) mass is 490 g/mol. The van der Waals surface area contributed by atoms with Gasteiger partial charge >= 0.3 is 0 Å². The second-order valence-electron chi connectivity index (χ2n) is 9.57. The number of nitriles is 1. The summed E-state index contributed by atoms with van der Waals surface area (Å²) in [6.45, 7) is 2.64. The number of rotatable bonds is 6. The third-order valence-electron chi connectivity index (χ3n) is 6.84. The summed E-state index contributed by atoms with van der Waals surface area (Å²) < 4.78 is 6.11. The number of benzene rings is 1. The van der Waals surface area contributed by atoms with Crippen molar-refractivity contribution < 1.29 is 4.74 Å².